The number of rotatable bonds is 22. The highest BCUT2D eigenvalue weighted by Crippen LogP contribution is 1.98. The summed E-state index contributed by atoms with van der Waals surface area (Å²) in [6.07, 6.45) is 26.2. The van der Waals surface area contributed by atoms with Crippen LogP contribution in [0, 0.1) is 0 Å². The number of imidazole rings is 1. The highest BCUT2D eigenvalue weighted by atomic mass is 15.2. The Morgan fingerprint density at radius 3 is 1.81 bits per heavy atom. The van der Waals surface area contributed by atoms with Gasteiger partial charge in [-0.25, -0.2) is 9.13 Å². The predicted octanol–water partition coefficient (Wildman–Crippen LogP) is 5.21. The molecule has 0 aromatic carbocycles. The lowest BCUT2D eigenvalue weighted by Gasteiger charge is -2.20. The highest BCUT2D eigenvalue weighted by Gasteiger charge is 2.08. The van der Waals surface area contributed by atoms with Gasteiger partial charge in [-0.15, -0.1) is 0 Å². The number of aromatic nitrogens is 2. The molecule has 1 aromatic rings. The third-order valence-electron chi connectivity index (χ3n) is 5.96. The Bertz CT molecular complexity index is 713. The highest BCUT2D eigenvalue weighted by molar-refractivity contribution is 5.56. The lowest BCUT2D eigenvalue weighted by atomic mass is 10.3. The molecule has 0 aliphatic carbocycles. The van der Waals surface area contributed by atoms with Crippen LogP contribution in [0.15, 0.2) is 53.3 Å². The average molecular weight is 501 g/mol. The van der Waals surface area contributed by atoms with Crippen molar-refractivity contribution in [2.45, 2.75) is 86.2 Å². The van der Waals surface area contributed by atoms with Crippen LogP contribution in [0.1, 0.15) is 73.1 Å². The van der Waals surface area contributed by atoms with Gasteiger partial charge in [0.1, 0.15) is 18.9 Å². The van der Waals surface area contributed by atoms with E-state index in [1.807, 2.05) is 12.7 Å². The first-order valence-electron chi connectivity index (χ1n) is 14.2. The van der Waals surface area contributed by atoms with Crippen molar-refractivity contribution < 1.29 is 4.57 Å². The van der Waals surface area contributed by atoms with Crippen LogP contribution >= 0.6 is 0 Å². The summed E-state index contributed by atoms with van der Waals surface area (Å²) in [5.41, 5.74) is 0. The van der Waals surface area contributed by atoms with Crippen LogP contribution < -0.4 is 4.57 Å². The van der Waals surface area contributed by atoms with Gasteiger partial charge in [-0.05, 0) is 33.1 Å². The van der Waals surface area contributed by atoms with Crippen molar-refractivity contribution in [1.29, 1.82) is 0 Å². The Labute approximate surface area is 221 Å². The predicted molar refractivity (Wildman–Crippen MR) is 156 cm³/mol. The summed E-state index contributed by atoms with van der Waals surface area (Å²) in [6, 6.07) is 0. The molecule has 0 aliphatic rings. The molecule has 0 amide bonds. The first-order valence-corrected chi connectivity index (χ1v) is 14.2. The maximum atomic E-state index is 4.73. The summed E-state index contributed by atoms with van der Waals surface area (Å²) in [7, 11) is 0. The van der Waals surface area contributed by atoms with Gasteiger partial charge in [-0.3, -0.25) is 14.9 Å². The summed E-state index contributed by atoms with van der Waals surface area (Å²) in [5, 5.41) is 0. The number of aryl methyl sites for hydroxylation is 1. The molecule has 0 saturated carbocycles. The molecule has 0 aliphatic heterocycles. The van der Waals surface area contributed by atoms with E-state index in [1.165, 1.54) is 38.5 Å². The minimum absolute atomic E-state index is 0.799. The zero-order valence-electron chi connectivity index (χ0n) is 23.9. The number of aliphatic imine (C=N–C) groups is 2. The van der Waals surface area contributed by atoms with E-state index in [2.05, 4.69) is 102 Å². The van der Waals surface area contributed by atoms with Crippen LogP contribution in [-0.4, -0.2) is 77.8 Å². The molecule has 7 heteroatoms. The molecular weight excluding hydrogens is 446 g/mol. The molecular formula is C29H54N7+. The first kappa shape index (κ1) is 31.6. The SMILES string of the molecule is C/C=C\N(C=NCCN(CCN=CN(/C=C\C)CCCC)CCn1cc[n+](CCCC)c1)CCCC. The quantitative estimate of drug-likeness (QED) is 0.125. The minimum Gasteiger partial charge on any atom is -0.340 e. The van der Waals surface area contributed by atoms with Crippen LogP contribution in [-0.2, 0) is 13.1 Å². The Morgan fingerprint density at radius 1 is 0.750 bits per heavy atom. The van der Waals surface area contributed by atoms with Crippen LogP contribution in [0.4, 0.5) is 0 Å². The van der Waals surface area contributed by atoms with E-state index in [0.29, 0.717) is 0 Å². The second kappa shape index (κ2) is 21.8. The van der Waals surface area contributed by atoms with Crippen molar-refractivity contribution in [1.82, 2.24) is 19.3 Å². The van der Waals surface area contributed by atoms with Crippen LogP contribution in [0.5, 0.6) is 0 Å². The lowest BCUT2D eigenvalue weighted by molar-refractivity contribution is -0.696. The molecule has 7 nitrogen and oxygen atoms in total. The van der Waals surface area contributed by atoms with Gasteiger partial charge in [0, 0.05) is 45.1 Å². The third-order valence-corrected chi connectivity index (χ3v) is 5.96. The molecule has 36 heavy (non-hydrogen) atoms. The number of hydrogen-bond donors (Lipinski definition) is 0. The number of allylic oxidation sites excluding steroid dienone is 2. The van der Waals surface area contributed by atoms with Gasteiger partial charge in [0.25, 0.3) is 0 Å². The number of unbranched alkanes of at least 4 members (excludes halogenated alkanes) is 3. The number of nitrogens with zero attached hydrogens (tertiary/aromatic N) is 7. The second-order valence-electron chi connectivity index (χ2n) is 9.28. The zero-order chi connectivity index (χ0) is 26.3. The fourth-order valence-electron chi connectivity index (χ4n) is 3.77. The van der Waals surface area contributed by atoms with E-state index in [4.69, 9.17) is 9.98 Å². The fourth-order valence-corrected chi connectivity index (χ4v) is 3.77. The maximum absolute atomic E-state index is 4.73. The largest absolute Gasteiger partial charge is 0.340 e. The molecule has 0 spiro atoms. The molecule has 0 saturated heterocycles. The molecule has 1 aromatic heterocycles. The lowest BCUT2D eigenvalue weighted by Crippen LogP contribution is -2.34. The van der Waals surface area contributed by atoms with Crippen molar-refractivity contribution in [3.8, 4) is 0 Å². The normalized spacial score (nSPS) is 12.4. The Hall–Kier alpha value is -2.41. The van der Waals surface area contributed by atoms with E-state index < -0.39 is 0 Å². The van der Waals surface area contributed by atoms with Gasteiger partial charge in [0.15, 0.2) is 0 Å². The monoisotopic (exact) mass is 500 g/mol. The van der Waals surface area contributed by atoms with E-state index in [1.54, 1.807) is 0 Å². The van der Waals surface area contributed by atoms with Gasteiger partial charge in [0.05, 0.1) is 32.3 Å². The molecule has 0 bridgehead atoms. The van der Waals surface area contributed by atoms with Crippen LogP contribution in [0.25, 0.3) is 0 Å². The van der Waals surface area contributed by atoms with Crippen molar-refractivity contribution in [3.63, 3.8) is 0 Å². The van der Waals surface area contributed by atoms with E-state index >= 15 is 0 Å². The van der Waals surface area contributed by atoms with Crippen molar-refractivity contribution in [3.05, 3.63) is 43.3 Å². The summed E-state index contributed by atoms with van der Waals surface area (Å²) >= 11 is 0. The third kappa shape index (κ3) is 15.6. The fraction of sp³-hybridized carbons (Fsp3) is 0.690. The van der Waals surface area contributed by atoms with Crippen molar-refractivity contribution in [2.24, 2.45) is 9.98 Å². The van der Waals surface area contributed by atoms with Gasteiger partial charge in [-0.1, -0.05) is 52.2 Å². The first-order chi connectivity index (χ1) is 17.7. The summed E-state index contributed by atoms with van der Waals surface area (Å²) in [6.45, 7) is 19.4. The Kier molecular flexibility index (Phi) is 19.2. The molecule has 0 unspecified atom stereocenters. The molecule has 1 rings (SSSR count). The minimum atomic E-state index is 0.799. The van der Waals surface area contributed by atoms with Crippen LogP contribution in [0.3, 0.4) is 0 Å². The van der Waals surface area contributed by atoms with Gasteiger partial charge >= 0.3 is 0 Å². The summed E-state index contributed by atoms with van der Waals surface area (Å²) < 4.78 is 4.59. The maximum Gasteiger partial charge on any atom is 0.243 e. The summed E-state index contributed by atoms with van der Waals surface area (Å²) in [4.78, 5) is 16.3. The van der Waals surface area contributed by atoms with Gasteiger partial charge in [-0.2, -0.15) is 0 Å². The summed E-state index contributed by atoms with van der Waals surface area (Å²) in [5.74, 6) is 0. The Balaban J connectivity index is 2.66. The van der Waals surface area contributed by atoms with Crippen molar-refractivity contribution >= 4 is 12.7 Å². The average Bonchev–Trinajstić information content (AvgIpc) is 3.34. The van der Waals surface area contributed by atoms with Gasteiger partial charge < -0.3 is 9.80 Å². The molecule has 204 valence electrons. The smallest absolute Gasteiger partial charge is 0.243 e. The molecule has 1 heterocycles. The molecule has 0 N–H and O–H groups in total. The second-order valence-corrected chi connectivity index (χ2v) is 9.28. The van der Waals surface area contributed by atoms with Crippen molar-refractivity contribution in [2.75, 3.05) is 45.8 Å². The molecule has 0 fully saturated rings. The standard InChI is InChI=1S/C29H54N7/c1-6-11-18-33(16-9-4)27-30-14-21-32(22-15-31-28-34(17-10-5)19-12-7-2)23-24-36-26-25-35(29-36)20-13-8-3/h9-10,16-17,25-29H,6-8,11-15,18-24H2,1-5H3/q+1/b16-9-,17-10-,30-27?,31-28?. The van der Waals surface area contributed by atoms with E-state index in [0.717, 1.165) is 58.9 Å². The zero-order valence-corrected chi connectivity index (χ0v) is 23.9. The number of hydrogen-bond acceptors (Lipinski definition) is 3. The molecule has 0 atom stereocenters. The van der Waals surface area contributed by atoms with E-state index in [9.17, 15) is 0 Å². The van der Waals surface area contributed by atoms with E-state index in [-0.39, 0.29) is 0 Å². The Morgan fingerprint density at radius 2 is 1.31 bits per heavy atom. The molecule has 0 radical (unpaired) electrons. The van der Waals surface area contributed by atoms with Gasteiger partial charge in [0.2, 0.25) is 6.33 Å². The topological polar surface area (TPSA) is 43.2 Å². The van der Waals surface area contributed by atoms with Crippen LogP contribution in [0.2, 0.25) is 0 Å².